The lowest BCUT2D eigenvalue weighted by Crippen LogP contribution is -2.49. The molecule has 2 aliphatic rings. The first-order valence-corrected chi connectivity index (χ1v) is 7.25. The van der Waals surface area contributed by atoms with E-state index in [1.807, 2.05) is 16.8 Å². The molecular formula is C14H24N2O3. The maximum atomic E-state index is 12.6. The molecule has 1 aliphatic heterocycles. The number of hydrogen-bond acceptors (Lipinski definition) is 3. The predicted molar refractivity (Wildman–Crippen MR) is 71.9 cm³/mol. The topological polar surface area (TPSA) is 60.9 Å². The number of aliphatic carboxylic acids is 1. The Bertz CT molecular complexity index is 353. The molecule has 0 spiro atoms. The van der Waals surface area contributed by atoms with Crippen LogP contribution in [0.1, 0.15) is 45.4 Å². The van der Waals surface area contributed by atoms with Crippen molar-refractivity contribution in [2.24, 2.45) is 0 Å². The highest BCUT2D eigenvalue weighted by Crippen LogP contribution is 2.27. The standard InChI is InChI=1S/C14H24N2O3/c1-10-7-8-16(11-5-3-4-6-11)14(19)12(15(10)2)9-13(17)18/h10-12H,3-9H2,1-2H3,(H,17,18). The number of carboxylic acids is 1. The fraction of sp³-hybridized carbons (Fsp3) is 0.857. The van der Waals surface area contributed by atoms with Crippen LogP contribution in [-0.4, -0.2) is 58.5 Å². The van der Waals surface area contributed by atoms with Crippen LogP contribution in [0, 0.1) is 0 Å². The Hall–Kier alpha value is -1.10. The van der Waals surface area contributed by atoms with Gasteiger partial charge in [-0.3, -0.25) is 14.5 Å². The first kappa shape index (κ1) is 14.3. The molecular weight excluding hydrogens is 244 g/mol. The van der Waals surface area contributed by atoms with Crippen molar-refractivity contribution in [1.29, 1.82) is 0 Å². The summed E-state index contributed by atoms with van der Waals surface area (Å²) in [4.78, 5) is 27.5. The molecule has 0 radical (unpaired) electrons. The summed E-state index contributed by atoms with van der Waals surface area (Å²) in [6, 6.07) is 0.0813. The Morgan fingerprint density at radius 1 is 1.32 bits per heavy atom. The summed E-state index contributed by atoms with van der Waals surface area (Å²) in [5, 5.41) is 9.03. The van der Waals surface area contributed by atoms with Crippen LogP contribution in [-0.2, 0) is 9.59 Å². The van der Waals surface area contributed by atoms with Gasteiger partial charge in [-0.25, -0.2) is 0 Å². The van der Waals surface area contributed by atoms with E-state index >= 15 is 0 Å². The number of likely N-dealkylation sites (N-methyl/N-ethyl adjacent to an activating group) is 1. The van der Waals surface area contributed by atoms with Crippen molar-refractivity contribution >= 4 is 11.9 Å². The third-order valence-electron chi connectivity index (χ3n) is 4.68. The summed E-state index contributed by atoms with van der Waals surface area (Å²) >= 11 is 0. The van der Waals surface area contributed by atoms with Crippen molar-refractivity contribution in [3.05, 3.63) is 0 Å². The van der Waals surface area contributed by atoms with Gasteiger partial charge in [-0.1, -0.05) is 12.8 Å². The van der Waals surface area contributed by atoms with Gasteiger partial charge >= 0.3 is 5.97 Å². The van der Waals surface area contributed by atoms with Crippen LogP contribution in [0.4, 0.5) is 0 Å². The minimum Gasteiger partial charge on any atom is -0.481 e. The molecule has 2 rings (SSSR count). The third-order valence-corrected chi connectivity index (χ3v) is 4.68. The fourth-order valence-corrected chi connectivity index (χ4v) is 3.29. The summed E-state index contributed by atoms with van der Waals surface area (Å²) < 4.78 is 0. The van der Waals surface area contributed by atoms with Gasteiger partial charge in [-0.15, -0.1) is 0 Å². The molecule has 2 unspecified atom stereocenters. The predicted octanol–water partition coefficient (Wildman–Crippen LogP) is 1.32. The monoisotopic (exact) mass is 268 g/mol. The van der Waals surface area contributed by atoms with E-state index in [9.17, 15) is 9.59 Å². The molecule has 1 saturated heterocycles. The second-order valence-corrected chi connectivity index (χ2v) is 5.89. The van der Waals surface area contributed by atoms with Gasteiger partial charge in [0.2, 0.25) is 5.91 Å². The number of rotatable bonds is 3. The molecule has 1 aliphatic carbocycles. The molecule has 19 heavy (non-hydrogen) atoms. The normalized spacial score (nSPS) is 30.6. The number of carboxylic acid groups (broad SMARTS) is 1. The maximum Gasteiger partial charge on any atom is 0.305 e. The second kappa shape index (κ2) is 5.90. The highest BCUT2D eigenvalue weighted by Gasteiger charge is 2.38. The van der Waals surface area contributed by atoms with Crippen LogP contribution in [0.25, 0.3) is 0 Å². The SMILES string of the molecule is CC1CCN(C2CCCC2)C(=O)C(CC(=O)O)N1C. The molecule has 1 saturated carbocycles. The van der Waals surface area contributed by atoms with Crippen molar-refractivity contribution < 1.29 is 14.7 Å². The van der Waals surface area contributed by atoms with Gasteiger partial charge in [-0.05, 0) is 33.2 Å². The van der Waals surface area contributed by atoms with Crippen molar-refractivity contribution in [3.63, 3.8) is 0 Å². The minimum absolute atomic E-state index is 0.0150. The largest absolute Gasteiger partial charge is 0.481 e. The van der Waals surface area contributed by atoms with E-state index in [0.29, 0.717) is 6.04 Å². The highest BCUT2D eigenvalue weighted by molar-refractivity contribution is 5.86. The zero-order valence-corrected chi connectivity index (χ0v) is 11.8. The van der Waals surface area contributed by atoms with Crippen LogP contribution in [0.15, 0.2) is 0 Å². The summed E-state index contributed by atoms with van der Waals surface area (Å²) in [5.41, 5.74) is 0. The summed E-state index contributed by atoms with van der Waals surface area (Å²) in [5.74, 6) is -0.883. The van der Waals surface area contributed by atoms with Gasteiger partial charge in [0, 0.05) is 18.6 Å². The van der Waals surface area contributed by atoms with Crippen LogP contribution in [0.2, 0.25) is 0 Å². The van der Waals surface area contributed by atoms with E-state index < -0.39 is 12.0 Å². The first-order valence-electron chi connectivity index (χ1n) is 7.25. The Morgan fingerprint density at radius 3 is 2.53 bits per heavy atom. The van der Waals surface area contributed by atoms with Crippen LogP contribution >= 0.6 is 0 Å². The number of hydrogen-bond donors (Lipinski definition) is 1. The average molecular weight is 268 g/mol. The van der Waals surface area contributed by atoms with E-state index in [0.717, 1.165) is 25.8 Å². The molecule has 1 N–H and O–H groups in total. The minimum atomic E-state index is -0.898. The number of nitrogens with zero attached hydrogens (tertiary/aromatic N) is 2. The van der Waals surface area contributed by atoms with Crippen LogP contribution in [0.3, 0.4) is 0 Å². The molecule has 0 aromatic heterocycles. The summed E-state index contributed by atoms with van der Waals surface area (Å²) in [6.45, 7) is 2.84. The zero-order chi connectivity index (χ0) is 14.0. The van der Waals surface area contributed by atoms with E-state index in [1.54, 1.807) is 0 Å². The second-order valence-electron chi connectivity index (χ2n) is 5.89. The molecule has 5 nitrogen and oxygen atoms in total. The molecule has 1 heterocycles. The fourth-order valence-electron chi connectivity index (χ4n) is 3.29. The van der Waals surface area contributed by atoms with E-state index in [1.165, 1.54) is 12.8 Å². The van der Waals surface area contributed by atoms with Crippen molar-refractivity contribution in [3.8, 4) is 0 Å². The lowest BCUT2D eigenvalue weighted by molar-refractivity contribution is -0.145. The van der Waals surface area contributed by atoms with Gasteiger partial charge in [0.1, 0.15) is 0 Å². The van der Waals surface area contributed by atoms with Gasteiger partial charge in [0.15, 0.2) is 0 Å². The zero-order valence-electron chi connectivity index (χ0n) is 11.8. The molecule has 0 bridgehead atoms. The Balaban J connectivity index is 2.17. The quantitative estimate of drug-likeness (QED) is 0.838. The summed E-state index contributed by atoms with van der Waals surface area (Å²) in [6.07, 6.45) is 5.35. The smallest absolute Gasteiger partial charge is 0.305 e. The number of amides is 1. The third kappa shape index (κ3) is 3.08. The molecule has 0 aromatic carbocycles. The van der Waals surface area contributed by atoms with Gasteiger partial charge in [0.05, 0.1) is 12.5 Å². The molecule has 1 amide bonds. The Morgan fingerprint density at radius 2 is 1.95 bits per heavy atom. The number of carbonyl (C=O) groups is 2. The van der Waals surface area contributed by atoms with E-state index in [2.05, 4.69) is 6.92 Å². The molecule has 2 fully saturated rings. The first-order chi connectivity index (χ1) is 9.00. The Labute approximate surface area is 114 Å². The van der Waals surface area contributed by atoms with E-state index in [4.69, 9.17) is 5.11 Å². The number of carbonyl (C=O) groups excluding carboxylic acids is 1. The van der Waals surface area contributed by atoms with Gasteiger partial charge < -0.3 is 10.0 Å². The maximum absolute atomic E-state index is 12.6. The lowest BCUT2D eigenvalue weighted by Gasteiger charge is -2.32. The van der Waals surface area contributed by atoms with Gasteiger partial charge in [-0.2, -0.15) is 0 Å². The molecule has 5 heteroatoms. The lowest BCUT2D eigenvalue weighted by atomic mass is 10.1. The van der Waals surface area contributed by atoms with Crippen LogP contribution < -0.4 is 0 Å². The van der Waals surface area contributed by atoms with Crippen molar-refractivity contribution in [2.45, 2.75) is 63.6 Å². The Kier molecular flexibility index (Phi) is 4.45. The van der Waals surface area contributed by atoms with Crippen molar-refractivity contribution in [1.82, 2.24) is 9.80 Å². The van der Waals surface area contributed by atoms with Gasteiger partial charge in [0.25, 0.3) is 0 Å². The molecule has 2 atom stereocenters. The molecule has 0 aromatic rings. The average Bonchev–Trinajstić information content (AvgIpc) is 2.85. The summed E-state index contributed by atoms with van der Waals surface area (Å²) in [7, 11) is 1.87. The van der Waals surface area contributed by atoms with Crippen molar-refractivity contribution in [2.75, 3.05) is 13.6 Å². The van der Waals surface area contributed by atoms with Crippen LogP contribution in [0.5, 0.6) is 0 Å². The van der Waals surface area contributed by atoms with E-state index in [-0.39, 0.29) is 18.4 Å². The molecule has 108 valence electrons. The highest BCUT2D eigenvalue weighted by atomic mass is 16.4.